The van der Waals surface area contributed by atoms with Crippen LogP contribution in [0, 0.1) is 0 Å². The third kappa shape index (κ3) is 2.52. The SMILES string of the molecule is O=S(=O)(C1CCCNC1)N1CCCCC1. The molecule has 5 heteroatoms. The van der Waals surface area contributed by atoms with Gasteiger partial charge in [0.05, 0.1) is 5.25 Å². The molecule has 2 aliphatic rings. The first kappa shape index (κ1) is 11.4. The Hall–Kier alpha value is -0.130. The number of rotatable bonds is 2. The molecule has 2 rings (SSSR count). The highest BCUT2D eigenvalue weighted by atomic mass is 32.2. The van der Waals surface area contributed by atoms with Crippen molar-refractivity contribution in [2.45, 2.75) is 37.4 Å². The van der Waals surface area contributed by atoms with Crippen molar-refractivity contribution in [2.75, 3.05) is 26.2 Å². The topological polar surface area (TPSA) is 49.4 Å². The van der Waals surface area contributed by atoms with Gasteiger partial charge in [-0.05, 0) is 32.2 Å². The fourth-order valence-electron chi connectivity index (χ4n) is 2.40. The van der Waals surface area contributed by atoms with Crippen LogP contribution in [0.1, 0.15) is 32.1 Å². The lowest BCUT2D eigenvalue weighted by molar-refractivity contribution is 0.336. The molecule has 2 saturated heterocycles. The molecule has 0 radical (unpaired) electrons. The predicted molar refractivity (Wildman–Crippen MR) is 60.2 cm³/mol. The molecule has 0 saturated carbocycles. The molecule has 1 N–H and O–H groups in total. The molecule has 0 aromatic heterocycles. The molecule has 0 spiro atoms. The Morgan fingerprint density at radius 2 is 1.80 bits per heavy atom. The number of piperidine rings is 2. The van der Waals surface area contributed by atoms with Crippen LogP contribution in [0.4, 0.5) is 0 Å². The van der Waals surface area contributed by atoms with Crippen LogP contribution >= 0.6 is 0 Å². The summed E-state index contributed by atoms with van der Waals surface area (Å²) in [5, 5.41) is 3.00. The van der Waals surface area contributed by atoms with Gasteiger partial charge in [-0.3, -0.25) is 0 Å². The second-order valence-electron chi connectivity index (χ2n) is 4.47. The zero-order valence-corrected chi connectivity index (χ0v) is 9.93. The van der Waals surface area contributed by atoms with E-state index in [1.54, 1.807) is 4.31 Å². The van der Waals surface area contributed by atoms with E-state index in [2.05, 4.69) is 5.32 Å². The lowest BCUT2D eigenvalue weighted by Crippen LogP contribution is -2.47. The Bertz CT molecular complexity index is 267. The summed E-state index contributed by atoms with van der Waals surface area (Å²) in [5.41, 5.74) is 0. The lowest BCUT2D eigenvalue weighted by atomic mass is 10.2. The quantitative estimate of drug-likeness (QED) is 0.756. The van der Waals surface area contributed by atoms with E-state index in [0.29, 0.717) is 6.54 Å². The smallest absolute Gasteiger partial charge is 0.218 e. The minimum Gasteiger partial charge on any atom is -0.315 e. The van der Waals surface area contributed by atoms with E-state index in [-0.39, 0.29) is 5.25 Å². The summed E-state index contributed by atoms with van der Waals surface area (Å²) in [5.74, 6) is 0. The average molecular weight is 232 g/mol. The molecule has 2 aliphatic heterocycles. The van der Waals surface area contributed by atoms with Gasteiger partial charge in [-0.25, -0.2) is 12.7 Å². The van der Waals surface area contributed by atoms with E-state index in [9.17, 15) is 8.42 Å². The first-order valence-corrected chi connectivity index (χ1v) is 7.41. The number of nitrogens with one attached hydrogen (secondary N) is 1. The van der Waals surface area contributed by atoms with Crippen LogP contribution in [-0.2, 0) is 10.0 Å². The Kier molecular flexibility index (Phi) is 3.64. The van der Waals surface area contributed by atoms with Crippen LogP contribution < -0.4 is 5.32 Å². The van der Waals surface area contributed by atoms with E-state index in [0.717, 1.165) is 45.3 Å². The van der Waals surface area contributed by atoms with Gasteiger partial charge in [-0.1, -0.05) is 6.42 Å². The number of hydrogen-bond donors (Lipinski definition) is 1. The van der Waals surface area contributed by atoms with Gasteiger partial charge in [0.2, 0.25) is 10.0 Å². The molecule has 88 valence electrons. The van der Waals surface area contributed by atoms with Gasteiger partial charge in [0.15, 0.2) is 0 Å². The summed E-state index contributed by atoms with van der Waals surface area (Å²) in [6, 6.07) is 0. The molecule has 4 nitrogen and oxygen atoms in total. The molecule has 1 unspecified atom stereocenters. The maximum Gasteiger partial charge on any atom is 0.218 e. The molecule has 0 amide bonds. The van der Waals surface area contributed by atoms with Crippen molar-refractivity contribution >= 4 is 10.0 Å². The van der Waals surface area contributed by atoms with Crippen LogP contribution in [0.2, 0.25) is 0 Å². The van der Waals surface area contributed by atoms with E-state index < -0.39 is 10.0 Å². The summed E-state index contributed by atoms with van der Waals surface area (Å²) in [7, 11) is -3.01. The third-order valence-electron chi connectivity index (χ3n) is 3.35. The van der Waals surface area contributed by atoms with E-state index >= 15 is 0 Å². The number of sulfonamides is 1. The molecule has 2 heterocycles. The lowest BCUT2D eigenvalue weighted by Gasteiger charge is -2.32. The number of nitrogens with zero attached hydrogens (tertiary/aromatic N) is 1. The van der Waals surface area contributed by atoms with Crippen molar-refractivity contribution < 1.29 is 8.42 Å². The van der Waals surface area contributed by atoms with Gasteiger partial charge < -0.3 is 5.32 Å². The largest absolute Gasteiger partial charge is 0.315 e. The summed E-state index contributed by atoms with van der Waals surface area (Å²) < 4.78 is 26.2. The van der Waals surface area contributed by atoms with Crippen molar-refractivity contribution in [3.63, 3.8) is 0 Å². The van der Waals surface area contributed by atoms with Crippen LogP contribution in [0.25, 0.3) is 0 Å². The summed E-state index contributed by atoms with van der Waals surface area (Å²) >= 11 is 0. The van der Waals surface area contributed by atoms with Gasteiger partial charge in [0, 0.05) is 19.6 Å². The minimum absolute atomic E-state index is 0.177. The van der Waals surface area contributed by atoms with Crippen molar-refractivity contribution in [3.05, 3.63) is 0 Å². The van der Waals surface area contributed by atoms with E-state index in [4.69, 9.17) is 0 Å². The maximum absolute atomic E-state index is 12.2. The van der Waals surface area contributed by atoms with Gasteiger partial charge in [0.1, 0.15) is 0 Å². The first-order chi connectivity index (χ1) is 7.21. The molecule has 0 aliphatic carbocycles. The minimum atomic E-state index is -3.01. The van der Waals surface area contributed by atoms with Crippen LogP contribution in [0.5, 0.6) is 0 Å². The fraction of sp³-hybridized carbons (Fsp3) is 1.00. The van der Waals surface area contributed by atoms with E-state index in [1.807, 2.05) is 0 Å². The Morgan fingerprint density at radius 1 is 1.07 bits per heavy atom. The predicted octanol–water partition coefficient (Wildman–Crippen LogP) is 0.554. The molecular weight excluding hydrogens is 212 g/mol. The summed E-state index contributed by atoms with van der Waals surface area (Å²) in [6.07, 6.45) is 5.04. The molecular formula is C10H20N2O2S. The third-order valence-corrected chi connectivity index (χ3v) is 5.68. The molecule has 0 bridgehead atoms. The average Bonchev–Trinajstić information content (AvgIpc) is 2.31. The second kappa shape index (κ2) is 4.80. The highest BCUT2D eigenvalue weighted by Crippen LogP contribution is 2.20. The maximum atomic E-state index is 12.2. The van der Waals surface area contributed by atoms with Gasteiger partial charge >= 0.3 is 0 Å². The van der Waals surface area contributed by atoms with Crippen LogP contribution in [0.3, 0.4) is 0 Å². The first-order valence-electron chi connectivity index (χ1n) is 5.91. The molecule has 15 heavy (non-hydrogen) atoms. The monoisotopic (exact) mass is 232 g/mol. The van der Waals surface area contributed by atoms with Gasteiger partial charge in [-0.2, -0.15) is 0 Å². The normalized spacial score (nSPS) is 30.3. The Labute approximate surface area is 92.1 Å². The van der Waals surface area contributed by atoms with Crippen molar-refractivity contribution in [2.24, 2.45) is 0 Å². The molecule has 0 aromatic rings. The molecule has 1 atom stereocenters. The van der Waals surface area contributed by atoms with Crippen molar-refractivity contribution in [3.8, 4) is 0 Å². The Morgan fingerprint density at radius 3 is 2.40 bits per heavy atom. The van der Waals surface area contributed by atoms with Crippen LogP contribution in [0.15, 0.2) is 0 Å². The standard InChI is InChI=1S/C10H20N2O2S/c13-15(14,10-5-4-6-11-9-10)12-7-2-1-3-8-12/h10-11H,1-9H2. The summed E-state index contributed by atoms with van der Waals surface area (Å²) in [4.78, 5) is 0. The Balaban J connectivity index is 2.03. The highest BCUT2D eigenvalue weighted by molar-refractivity contribution is 7.89. The molecule has 2 fully saturated rings. The number of hydrogen-bond acceptors (Lipinski definition) is 3. The zero-order valence-electron chi connectivity index (χ0n) is 9.11. The van der Waals surface area contributed by atoms with E-state index in [1.165, 1.54) is 6.42 Å². The van der Waals surface area contributed by atoms with Crippen molar-refractivity contribution in [1.82, 2.24) is 9.62 Å². The molecule has 0 aromatic carbocycles. The zero-order chi connectivity index (χ0) is 10.7. The van der Waals surface area contributed by atoms with Gasteiger partial charge in [-0.15, -0.1) is 0 Å². The summed E-state index contributed by atoms with van der Waals surface area (Å²) in [6.45, 7) is 3.07. The second-order valence-corrected chi connectivity index (χ2v) is 6.69. The fourth-order valence-corrected chi connectivity index (χ4v) is 4.39. The van der Waals surface area contributed by atoms with Gasteiger partial charge in [0.25, 0.3) is 0 Å². The van der Waals surface area contributed by atoms with Crippen LogP contribution in [-0.4, -0.2) is 44.2 Å². The van der Waals surface area contributed by atoms with Crippen molar-refractivity contribution in [1.29, 1.82) is 0 Å². The highest BCUT2D eigenvalue weighted by Gasteiger charge is 2.33.